The van der Waals surface area contributed by atoms with E-state index in [0.29, 0.717) is 17.3 Å². The number of hydrogen-bond acceptors (Lipinski definition) is 4. The van der Waals surface area contributed by atoms with Crippen molar-refractivity contribution in [1.82, 2.24) is 9.97 Å². The van der Waals surface area contributed by atoms with Crippen LogP contribution in [0.3, 0.4) is 0 Å². The lowest BCUT2D eigenvalue weighted by Gasteiger charge is -2.10. The van der Waals surface area contributed by atoms with Crippen molar-refractivity contribution in [3.8, 4) is 51.2 Å². The molecule has 4 rings (SSSR count). The second-order valence-corrected chi connectivity index (χ2v) is 8.14. The number of H-pyrrole nitrogens is 1. The van der Waals surface area contributed by atoms with E-state index in [-0.39, 0.29) is 5.75 Å². The molecule has 0 saturated carbocycles. The average molecular weight is 429 g/mol. The molecule has 0 aliphatic rings. The van der Waals surface area contributed by atoms with E-state index in [2.05, 4.69) is 69.1 Å². The van der Waals surface area contributed by atoms with E-state index in [1.54, 1.807) is 12.1 Å². The molecule has 0 saturated heterocycles. The highest BCUT2D eigenvalue weighted by molar-refractivity contribution is 5.82. The summed E-state index contributed by atoms with van der Waals surface area (Å²) in [5.74, 6) is 1.30. The summed E-state index contributed by atoms with van der Waals surface area (Å²) in [6.07, 6.45) is 0. The molecule has 0 spiro atoms. The molecule has 2 N–H and O–H groups in total. The highest BCUT2D eigenvalue weighted by Gasteiger charge is 2.19. The van der Waals surface area contributed by atoms with Gasteiger partial charge in [0.25, 0.3) is 0 Å². The molecule has 3 aromatic carbocycles. The minimum atomic E-state index is -0.0333. The number of phenolic OH excluding ortho intramolecular Hbond substituents is 1. The number of nitrogens with zero attached hydrogens (tertiary/aromatic N) is 1. The van der Waals surface area contributed by atoms with Crippen molar-refractivity contribution in [2.45, 2.75) is 27.7 Å². The Morgan fingerprint density at radius 2 is 1.22 bits per heavy atom. The molecular formula is C27H28N2O3. The molecule has 0 aliphatic carbocycles. The second kappa shape index (κ2) is 8.42. The van der Waals surface area contributed by atoms with E-state index in [1.165, 1.54) is 36.5 Å². The minimum Gasteiger partial charge on any atom is -0.502 e. The van der Waals surface area contributed by atoms with Crippen LogP contribution >= 0.6 is 0 Å². The number of benzene rings is 3. The van der Waals surface area contributed by atoms with Crippen molar-refractivity contribution >= 4 is 0 Å². The van der Waals surface area contributed by atoms with Gasteiger partial charge in [0.05, 0.1) is 25.6 Å². The highest BCUT2D eigenvalue weighted by Crippen LogP contribution is 2.41. The van der Waals surface area contributed by atoms with Gasteiger partial charge in [0.15, 0.2) is 11.5 Å². The highest BCUT2D eigenvalue weighted by atomic mass is 16.5. The summed E-state index contributed by atoms with van der Waals surface area (Å²) in [6.45, 7) is 8.43. The zero-order valence-corrected chi connectivity index (χ0v) is 19.3. The Bertz CT molecular complexity index is 1210. The summed E-state index contributed by atoms with van der Waals surface area (Å²) in [7, 11) is 3.03. The van der Waals surface area contributed by atoms with Crippen molar-refractivity contribution in [2.24, 2.45) is 0 Å². The van der Waals surface area contributed by atoms with E-state index < -0.39 is 0 Å². The number of aromatic nitrogens is 2. The molecule has 5 heteroatoms. The number of aromatic hydroxyl groups is 1. The van der Waals surface area contributed by atoms with Crippen molar-refractivity contribution < 1.29 is 14.6 Å². The van der Waals surface area contributed by atoms with E-state index in [0.717, 1.165) is 28.1 Å². The number of phenols is 1. The monoisotopic (exact) mass is 428 g/mol. The number of hydrogen-bond donors (Lipinski definition) is 2. The number of rotatable bonds is 5. The maximum atomic E-state index is 10.3. The van der Waals surface area contributed by atoms with E-state index in [4.69, 9.17) is 14.5 Å². The second-order valence-electron chi connectivity index (χ2n) is 8.14. The van der Waals surface area contributed by atoms with Crippen LogP contribution in [0.25, 0.3) is 33.9 Å². The van der Waals surface area contributed by atoms with Gasteiger partial charge in [-0.2, -0.15) is 0 Å². The van der Waals surface area contributed by atoms with Crippen LogP contribution in [-0.2, 0) is 0 Å². The van der Waals surface area contributed by atoms with E-state index in [1.807, 2.05) is 0 Å². The van der Waals surface area contributed by atoms with Gasteiger partial charge in [0.1, 0.15) is 5.82 Å². The number of ether oxygens (including phenoxy) is 2. The Hall–Kier alpha value is -3.73. The van der Waals surface area contributed by atoms with Crippen molar-refractivity contribution in [3.05, 3.63) is 70.8 Å². The molecule has 0 radical (unpaired) electrons. The van der Waals surface area contributed by atoms with Crippen molar-refractivity contribution in [2.75, 3.05) is 14.2 Å². The maximum absolute atomic E-state index is 10.3. The maximum Gasteiger partial charge on any atom is 0.200 e. The molecule has 32 heavy (non-hydrogen) atoms. The molecular weight excluding hydrogens is 400 g/mol. The molecule has 5 nitrogen and oxygen atoms in total. The fraction of sp³-hybridized carbons (Fsp3) is 0.222. The molecule has 0 fully saturated rings. The first-order chi connectivity index (χ1) is 15.3. The third-order valence-corrected chi connectivity index (χ3v) is 6.03. The van der Waals surface area contributed by atoms with Gasteiger partial charge in [-0.05, 0) is 74.2 Å². The van der Waals surface area contributed by atoms with Crippen LogP contribution in [0.2, 0.25) is 0 Å². The van der Waals surface area contributed by atoms with Crippen LogP contribution in [0.4, 0.5) is 0 Å². The third kappa shape index (κ3) is 3.82. The Kier molecular flexibility index (Phi) is 5.66. The number of aryl methyl sites for hydroxylation is 4. The smallest absolute Gasteiger partial charge is 0.200 e. The number of nitrogens with one attached hydrogen (secondary N) is 1. The topological polar surface area (TPSA) is 67.4 Å². The van der Waals surface area contributed by atoms with Gasteiger partial charge >= 0.3 is 0 Å². The van der Waals surface area contributed by atoms with Gasteiger partial charge in [0, 0.05) is 16.7 Å². The van der Waals surface area contributed by atoms with Crippen LogP contribution in [0.1, 0.15) is 22.3 Å². The molecule has 4 aromatic rings. The fourth-order valence-electron chi connectivity index (χ4n) is 3.74. The molecule has 0 aliphatic heterocycles. The predicted octanol–water partition coefficient (Wildman–Crippen LogP) is 6.37. The van der Waals surface area contributed by atoms with Crippen LogP contribution in [-0.4, -0.2) is 29.3 Å². The number of methoxy groups -OCH3 is 2. The first-order valence-corrected chi connectivity index (χ1v) is 10.5. The van der Waals surface area contributed by atoms with Crippen molar-refractivity contribution in [3.63, 3.8) is 0 Å². The standard InChI is InChI=1S/C27H28N2O3/c1-15-7-9-19(11-17(15)3)24-25(20-10-8-16(2)18(4)12-20)29-27(28-24)21-13-22(31-5)26(30)23(14-21)32-6/h7-14,30H,1-6H3,(H,28,29). The molecule has 0 atom stereocenters. The van der Waals surface area contributed by atoms with Gasteiger partial charge in [-0.3, -0.25) is 0 Å². The SMILES string of the molecule is COc1cc(-c2nc(-c3ccc(C)c(C)c3)c(-c3ccc(C)c(C)c3)[nH]2)cc(OC)c1O. The predicted molar refractivity (Wildman–Crippen MR) is 129 cm³/mol. The van der Waals surface area contributed by atoms with Gasteiger partial charge in [0.2, 0.25) is 5.75 Å². The normalized spacial score (nSPS) is 10.9. The lowest BCUT2D eigenvalue weighted by molar-refractivity contribution is 0.340. The van der Waals surface area contributed by atoms with Gasteiger partial charge < -0.3 is 19.6 Å². The first-order valence-electron chi connectivity index (χ1n) is 10.5. The summed E-state index contributed by atoms with van der Waals surface area (Å²) < 4.78 is 10.7. The number of aromatic amines is 1. The van der Waals surface area contributed by atoms with Crippen LogP contribution in [0, 0.1) is 27.7 Å². The van der Waals surface area contributed by atoms with Crippen LogP contribution in [0.15, 0.2) is 48.5 Å². The Morgan fingerprint density at radius 3 is 1.75 bits per heavy atom. The lowest BCUT2D eigenvalue weighted by atomic mass is 9.99. The van der Waals surface area contributed by atoms with Gasteiger partial charge in [-0.25, -0.2) is 4.98 Å². The molecule has 0 unspecified atom stereocenters. The lowest BCUT2D eigenvalue weighted by Crippen LogP contribution is -1.91. The molecule has 0 bridgehead atoms. The molecule has 1 heterocycles. The van der Waals surface area contributed by atoms with E-state index >= 15 is 0 Å². The summed E-state index contributed by atoms with van der Waals surface area (Å²) in [4.78, 5) is 8.49. The zero-order chi connectivity index (χ0) is 23.0. The molecule has 164 valence electrons. The van der Waals surface area contributed by atoms with Crippen LogP contribution in [0.5, 0.6) is 17.2 Å². The Morgan fingerprint density at radius 1 is 0.688 bits per heavy atom. The quantitative estimate of drug-likeness (QED) is 0.388. The summed E-state index contributed by atoms with van der Waals surface area (Å²) in [5.41, 5.74) is 9.61. The fourth-order valence-corrected chi connectivity index (χ4v) is 3.74. The summed E-state index contributed by atoms with van der Waals surface area (Å²) in [6, 6.07) is 16.3. The summed E-state index contributed by atoms with van der Waals surface area (Å²) >= 11 is 0. The van der Waals surface area contributed by atoms with E-state index in [9.17, 15) is 5.11 Å². The molecule has 0 amide bonds. The number of imidazole rings is 1. The van der Waals surface area contributed by atoms with Gasteiger partial charge in [-0.15, -0.1) is 0 Å². The third-order valence-electron chi connectivity index (χ3n) is 6.03. The van der Waals surface area contributed by atoms with Crippen LogP contribution < -0.4 is 9.47 Å². The average Bonchev–Trinajstić information content (AvgIpc) is 3.23. The Balaban J connectivity index is 1.95. The minimum absolute atomic E-state index is 0.0333. The van der Waals surface area contributed by atoms with Crippen molar-refractivity contribution in [1.29, 1.82) is 0 Å². The van der Waals surface area contributed by atoms with Gasteiger partial charge in [-0.1, -0.05) is 24.3 Å². The molecule has 1 aromatic heterocycles. The first kappa shape index (κ1) is 21.5. The summed E-state index contributed by atoms with van der Waals surface area (Å²) in [5, 5.41) is 10.3. The Labute approximate surface area is 188 Å². The zero-order valence-electron chi connectivity index (χ0n) is 19.3. The largest absolute Gasteiger partial charge is 0.502 e.